The number of hydrogen-bond acceptors (Lipinski definition) is 3. The summed E-state index contributed by atoms with van der Waals surface area (Å²) < 4.78 is 5.44. The molecule has 1 saturated heterocycles. The van der Waals surface area contributed by atoms with E-state index in [9.17, 15) is 4.79 Å². The maximum Gasteiger partial charge on any atom is 0.131 e. The molecule has 3 heteroatoms. The standard InChI is InChI=1S/C15H21NO2/c1-13-10-18-9-8-16(13)11-15(2,12-17)14-6-4-3-5-7-14/h3-7,12-13H,8-11H2,1-2H3. The number of aldehydes is 1. The quantitative estimate of drug-likeness (QED) is 0.761. The third-order valence-corrected chi connectivity index (χ3v) is 3.73. The van der Waals surface area contributed by atoms with Gasteiger partial charge in [0.2, 0.25) is 0 Å². The van der Waals surface area contributed by atoms with E-state index >= 15 is 0 Å². The molecule has 3 nitrogen and oxygen atoms in total. The van der Waals surface area contributed by atoms with E-state index in [1.807, 2.05) is 37.3 Å². The molecule has 0 aliphatic carbocycles. The molecule has 0 saturated carbocycles. The average molecular weight is 247 g/mol. The lowest BCUT2D eigenvalue weighted by atomic mass is 9.83. The number of rotatable bonds is 4. The van der Waals surface area contributed by atoms with Crippen molar-refractivity contribution in [1.29, 1.82) is 0 Å². The summed E-state index contributed by atoms with van der Waals surface area (Å²) in [6.45, 7) is 7.33. The van der Waals surface area contributed by atoms with Gasteiger partial charge in [0.05, 0.1) is 18.6 Å². The Morgan fingerprint density at radius 1 is 1.44 bits per heavy atom. The Morgan fingerprint density at radius 2 is 2.17 bits per heavy atom. The van der Waals surface area contributed by atoms with E-state index in [4.69, 9.17) is 4.74 Å². The van der Waals surface area contributed by atoms with Crippen LogP contribution in [-0.4, -0.2) is 43.5 Å². The minimum Gasteiger partial charge on any atom is -0.379 e. The Hall–Kier alpha value is -1.19. The zero-order valence-electron chi connectivity index (χ0n) is 11.1. The first-order chi connectivity index (χ1) is 8.65. The van der Waals surface area contributed by atoms with Crippen molar-refractivity contribution in [2.24, 2.45) is 0 Å². The Kier molecular flexibility index (Phi) is 4.15. The molecular formula is C15H21NO2. The molecule has 1 heterocycles. The van der Waals surface area contributed by atoms with Crippen LogP contribution in [0, 0.1) is 0 Å². The first-order valence-corrected chi connectivity index (χ1v) is 6.49. The summed E-state index contributed by atoms with van der Waals surface area (Å²) in [5.41, 5.74) is 0.644. The van der Waals surface area contributed by atoms with E-state index in [0.717, 1.165) is 38.2 Å². The van der Waals surface area contributed by atoms with Gasteiger partial charge in [-0.15, -0.1) is 0 Å². The summed E-state index contributed by atoms with van der Waals surface area (Å²) in [7, 11) is 0. The van der Waals surface area contributed by atoms with Crippen LogP contribution >= 0.6 is 0 Å². The van der Waals surface area contributed by atoms with Gasteiger partial charge in [-0.2, -0.15) is 0 Å². The van der Waals surface area contributed by atoms with E-state index < -0.39 is 5.41 Å². The second-order valence-corrected chi connectivity index (χ2v) is 5.30. The van der Waals surface area contributed by atoms with E-state index in [2.05, 4.69) is 11.8 Å². The van der Waals surface area contributed by atoms with Gasteiger partial charge < -0.3 is 9.53 Å². The van der Waals surface area contributed by atoms with Gasteiger partial charge in [0.1, 0.15) is 6.29 Å². The summed E-state index contributed by atoms with van der Waals surface area (Å²) in [5, 5.41) is 0. The number of carbonyl (C=O) groups is 1. The van der Waals surface area contributed by atoms with E-state index in [0.29, 0.717) is 6.04 Å². The second-order valence-electron chi connectivity index (χ2n) is 5.30. The monoisotopic (exact) mass is 247 g/mol. The number of carbonyl (C=O) groups excluding carboxylic acids is 1. The summed E-state index contributed by atoms with van der Waals surface area (Å²) in [5.74, 6) is 0. The smallest absolute Gasteiger partial charge is 0.131 e. The average Bonchev–Trinajstić information content (AvgIpc) is 2.42. The molecule has 1 aromatic carbocycles. The number of ether oxygens (including phenoxy) is 1. The predicted molar refractivity (Wildman–Crippen MR) is 71.7 cm³/mol. The highest BCUT2D eigenvalue weighted by Gasteiger charge is 2.31. The Bertz CT molecular complexity index is 393. The van der Waals surface area contributed by atoms with Crippen LogP contribution in [0.1, 0.15) is 19.4 Å². The van der Waals surface area contributed by atoms with Crippen molar-refractivity contribution < 1.29 is 9.53 Å². The van der Waals surface area contributed by atoms with Gasteiger partial charge in [0.15, 0.2) is 0 Å². The maximum absolute atomic E-state index is 11.5. The van der Waals surface area contributed by atoms with Crippen LogP contribution in [0.4, 0.5) is 0 Å². The van der Waals surface area contributed by atoms with E-state index in [1.165, 1.54) is 0 Å². The summed E-state index contributed by atoms with van der Waals surface area (Å²) in [4.78, 5) is 13.9. The first kappa shape index (κ1) is 13.2. The van der Waals surface area contributed by atoms with Crippen molar-refractivity contribution in [1.82, 2.24) is 4.90 Å². The molecule has 0 bridgehead atoms. The van der Waals surface area contributed by atoms with Crippen molar-refractivity contribution in [3.63, 3.8) is 0 Å². The Balaban J connectivity index is 2.15. The van der Waals surface area contributed by atoms with Gasteiger partial charge in [-0.25, -0.2) is 0 Å². The topological polar surface area (TPSA) is 29.5 Å². The molecule has 0 N–H and O–H groups in total. The fraction of sp³-hybridized carbons (Fsp3) is 0.533. The highest BCUT2D eigenvalue weighted by molar-refractivity contribution is 5.68. The summed E-state index contributed by atoms with van der Waals surface area (Å²) in [6, 6.07) is 10.4. The number of nitrogens with zero attached hydrogens (tertiary/aromatic N) is 1. The van der Waals surface area contributed by atoms with Crippen LogP contribution in [0.15, 0.2) is 30.3 Å². The van der Waals surface area contributed by atoms with Gasteiger partial charge in [0, 0.05) is 19.1 Å². The van der Waals surface area contributed by atoms with Gasteiger partial charge in [-0.1, -0.05) is 30.3 Å². The number of morpholine rings is 1. The van der Waals surface area contributed by atoms with E-state index in [-0.39, 0.29) is 0 Å². The molecule has 1 aliphatic heterocycles. The van der Waals surface area contributed by atoms with Crippen LogP contribution in [0.25, 0.3) is 0 Å². The van der Waals surface area contributed by atoms with Crippen LogP contribution in [0.2, 0.25) is 0 Å². The van der Waals surface area contributed by atoms with Crippen LogP contribution in [0.3, 0.4) is 0 Å². The molecule has 2 unspecified atom stereocenters. The molecule has 1 fully saturated rings. The fourth-order valence-electron chi connectivity index (χ4n) is 2.43. The molecule has 0 radical (unpaired) electrons. The van der Waals surface area contributed by atoms with Crippen molar-refractivity contribution in [3.05, 3.63) is 35.9 Å². The second kappa shape index (κ2) is 5.63. The molecule has 18 heavy (non-hydrogen) atoms. The lowest BCUT2D eigenvalue weighted by Gasteiger charge is -2.38. The molecule has 2 atom stereocenters. The third-order valence-electron chi connectivity index (χ3n) is 3.73. The highest BCUT2D eigenvalue weighted by Crippen LogP contribution is 2.24. The molecule has 2 rings (SSSR count). The van der Waals surface area contributed by atoms with Crippen molar-refractivity contribution in [2.45, 2.75) is 25.3 Å². The first-order valence-electron chi connectivity index (χ1n) is 6.49. The minimum atomic E-state index is -0.438. The highest BCUT2D eigenvalue weighted by atomic mass is 16.5. The van der Waals surface area contributed by atoms with Gasteiger partial charge in [-0.3, -0.25) is 4.90 Å². The fourth-order valence-corrected chi connectivity index (χ4v) is 2.43. The Labute approximate surface area is 109 Å². The van der Waals surface area contributed by atoms with E-state index in [1.54, 1.807) is 0 Å². The minimum absolute atomic E-state index is 0.377. The Morgan fingerprint density at radius 3 is 2.78 bits per heavy atom. The number of hydrogen-bond donors (Lipinski definition) is 0. The van der Waals surface area contributed by atoms with Gasteiger partial charge in [-0.05, 0) is 19.4 Å². The summed E-state index contributed by atoms with van der Waals surface area (Å²) in [6.07, 6.45) is 1.07. The molecule has 98 valence electrons. The molecule has 0 spiro atoms. The van der Waals surface area contributed by atoms with Gasteiger partial charge >= 0.3 is 0 Å². The van der Waals surface area contributed by atoms with Crippen LogP contribution < -0.4 is 0 Å². The molecule has 0 aromatic heterocycles. The SMILES string of the molecule is CC1COCCN1CC(C)(C=O)c1ccccc1. The summed E-state index contributed by atoms with van der Waals surface area (Å²) >= 11 is 0. The predicted octanol–water partition coefficient (Wildman–Crippen LogP) is 1.86. The molecule has 1 aromatic rings. The maximum atomic E-state index is 11.5. The normalized spacial score (nSPS) is 24.4. The van der Waals surface area contributed by atoms with Crippen molar-refractivity contribution in [2.75, 3.05) is 26.3 Å². The molecule has 0 amide bonds. The molecular weight excluding hydrogens is 226 g/mol. The largest absolute Gasteiger partial charge is 0.379 e. The van der Waals surface area contributed by atoms with Crippen LogP contribution in [0.5, 0.6) is 0 Å². The van der Waals surface area contributed by atoms with Gasteiger partial charge in [0.25, 0.3) is 0 Å². The lowest BCUT2D eigenvalue weighted by molar-refractivity contribution is -0.113. The zero-order valence-corrected chi connectivity index (χ0v) is 11.1. The van der Waals surface area contributed by atoms with Crippen LogP contribution in [-0.2, 0) is 14.9 Å². The number of benzene rings is 1. The third kappa shape index (κ3) is 2.79. The molecule has 1 aliphatic rings. The zero-order chi connectivity index (χ0) is 13.0. The lowest BCUT2D eigenvalue weighted by Crippen LogP contribution is -2.50. The van der Waals surface area contributed by atoms with Crippen molar-refractivity contribution >= 4 is 6.29 Å². The van der Waals surface area contributed by atoms with Crippen molar-refractivity contribution in [3.8, 4) is 0 Å².